The van der Waals surface area contributed by atoms with E-state index in [1.807, 2.05) is 0 Å². The van der Waals surface area contributed by atoms with Crippen LogP contribution in [0.5, 0.6) is 0 Å². The molecule has 4 rings (SSSR count). The predicted octanol–water partition coefficient (Wildman–Crippen LogP) is 2.64. The molecule has 3 heterocycles. The Morgan fingerprint density at radius 1 is 1.26 bits per heavy atom. The van der Waals surface area contributed by atoms with Gasteiger partial charge in [-0.3, -0.25) is 0 Å². The molecule has 0 unspecified atom stereocenters. The number of aromatic nitrogens is 3. The first-order valence-corrected chi connectivity index (χ1v) is 8.38. The summed E-state index contributed by atoms with van der Waals surface area (Å²) in [5.41, 5.74) is 1.29. The highest BCUT2D eigenvalue weighted by Crippen LogP contribution is 2.35. The predicted molar refractivity (Wildman–Crippen MR) is 83.9 cm³/mol. The molecule has 1 aliphatic heterocycles. The summed E-state index contributed by atoms with van der Waals surface area (Å²) >= 11 is 0. The summed E-state index contributed by atoms with van der Waals surface area (Å²) in [6.45, 7) is 1.11. The van der Waals surface area contributed by atoms with Crippen LogP contribution in [0.4, 0.5) is 14.7 Å². The van der Waals surface area contributed by atoms with Crippen molar-refractivity contribution in [2.24, 2.45) is 0 Å². The molecule has 2 N–H and O–H groups in total. The number of alkyl halides is 1. The minimum absolute atomic E-state index is 0.288. The molecule has 0 aromatic carbocycles. The molecular weight excluding hydrogens is 300 g/mol. The van der Waals surface area contributed by atoms with Crippen LogP contribution in [0.2, 0.25) is 0 Å². The van der Waals surface area contributed by atoms with E-state index >= 15 is 0 Å². The van der Waals surface area contributed by atoms with Gasteiger partial charge >= 0.3 is 0 Å². The Morgan fingerprint density at radius 3 is 2.87 bits per heavy atom. The molecule has 0 amide bonds. The second-order valence-electron chi connectivity index (χ2n) is 6.54. The minimum Gasteiger partial charge on any atom is -0.347 e. The SMILES string of the molecule is Fc1cc(C2CCCC2)n2nc(N[C@@H]3CCNC[C@H]3F)ncc12. The summed E-state index contributed by atoms with van der Waals surface area (Å²) in [6, 6.07) is 1.27. The molecule has 1 saturated carbocycles. The number of hydrogen-bond acceptors (Lipinski definition) is 4. The van der Waals surface area contributed by atoms with Crippen molar-refractivity contribution in [1.82, 2.24) is 19.9 Å². The standard InChI is InChI=1S/C16H21F2N5/c17-11-7-14(10-3-1-2-4-10)23-15(11)9-20-16(22-23)21-13-5-6-19-8-12(13)18/h7,9-10,12-13,19H,1-6,8H2,(H,21,22)/t12-,13-/m1/s1. The summed E-state index contributed by atoms with van der Waals surface area (Å²) in [4.78, 5) is 4.17. The van der Waals surface area contributed by atoms with Crippen LogP contribution in [-0.2, 0) is 0 Å². The second-order valence-corrected chi connectivity index (χ2v) is 6.54. The molecule has 2 fully saturated rings. The van der Waals surface area contributed by atoms with E-state index in [-0.39, 0.29) is 11.9 Å². The van der Waals surface area contributed by atoms with E-state index in [1.54, 1.807) is 10.6 Å². The lowest BCUT2D eigenvalue weighted by Crippen LogP contribution is -2.45. The number of rotatable bonds is 3. The molecule has 1 aliphatic carbocycles. The van der Waals surface area contributed by atoms with Gasteiger partial charge in [0, 0.05) is 18.2 Å². The zero-order chi connectivity index (χ0) is 15.8. The number of anilines is 1. The Kier molecular flexibility index (Phi) is 3.88. The number of nitrogens with zero attached hydrogens (tertiary/aromatic N) is 3. The minimum atomic E-state index is -0.973. The van der Waals surface area contributed by atoms with Crippen molar-refractivity contribution in [1.29, 1.82) is 0 Å². The molecule has 0 bridgehead atoms. The molecule has 7 heteroatoms. The largest absolute Gasteiger partial charge is 0.347 e. The molecule has 2 aromatic rings. The highest BCUT2D eigenvalue weighted by molar-refractivity contribution is 5.50. The summed E-state index contributed by atoms with van der Waals surface area (Å²) in [5.74, 6) is 0.424. The van der Waals surface area contributed by atoms with Crippen LogP contribution in [0.15, 0.2) is 12.3 Å². The summed E-state index contributed by atoms with van der Waals surface area (Å²) in [6.07, 6.45) is 5.68. The fraction of sp³-hybridized carbons (Fsp3) is 0.625. The van der Waals surface area contributed by atoms with E-state index in [0.29, 0.717) is 30.3 Å². The van der Waals surface area contributed by atoms with Gasteiger partial charge in [0.25, 0.3) is 0 Å². The maximum Gasteiger partial charge on any atom is 0.241 e. The molecule has 2 aromatic heterocycles. The van der Waals surface area contributed by atoms with Gasteiger partial charge in [-0.25, -0.2) is 18.3 Å². The molecule has 5 nitrogen and oxygen atoms in total. The monoisotopic (exact) mass is 321 g/mol. The lowest BCUT2D eigenvalue weighted by atomic mass is 10.0. The van der Waals surface area contributed by atoms with Crippen molar-refractivity contribution < 1.29 is 8.78 Å². The van der Waals surface area contributed by atoms with Crippen LogP contribution in [0.3, 0.4) is 0 Å². The highest BCUT2D eigenvalue weighted by Gasteiger charge is 2.26. The van der Waals surface area contributed by atoms with Gasteiger partial charge in [0.05, 0.1) is 12.2 Å². The Morgan fingerprint density at radius 2 is 2.09 bits per heavy atom. The van der Waals surface area contributed by atoms with E-state index in [4.69, 9.17) is 0 Å². The third-order valence-corrected chi connectivity index (χ3v) is 4.99. The summed E-state index contributed by atoms with van der Waals surface area (Å²) in [5, 5.41) is 10.5. The van der Waals surface area contributed by atoms with E-state index in [2.05, 4.69) is 20.7 Å². The molecule has 1 saturated heterocycles. The maximum absolute atomic E-state index is 14.1. The van der Waals surface area contributed by atoms with Crippen LogP contribution in [0, 0.1) is 5.82 Å². The molecule has 23 heavy (non-hydrogen) atoms. The van der Waals surface area contributed by atoms with E-state index in [9.17, 15) is 8.78 Å². The maximum atomic E-state index is 14.1. The number of hydrogen-bond donors (Lipinski definition) is 2. The lowest BCUT2D eigenvalue weighted by molar-refractivity contribution is 0.244. The topological polar surface area (TPSA) is 54.2 Å². The van der Waals surface area contributed by atoms with Crippen LogP contribution in [0.1, 0.15) is 43.7 Å². The summed E-state index contributed by atoms with van der Waals surface area (Å²) in [7, 11) is 0. The molecule has 0 radical (unpaired) electrons. The summed E-state index contributed by atoms with van der Waals surface area (Å²) < 4.78 is 29.7. The van der Waals surface area contributed by atoms with Crippen molar-refractivity contribution in [2.75, 3.05) is 18.4 Å². The van der Waals surface area contributed by atoms with E-state index in [1.165, 1.54) is 19.0 Å². The molecule has 2 aliphatic rings. The van der Waals surface area contributed by atoms with Crippen molar-refractivity contribution in [2.45, 2.75) is 50.2 Å². The Bertz CT molecular complexity index is 695. The fourth-order valence-electron chi connectivity index (χ4n) is 3.70. The first-order chi connectivity index (χ1) is 11.2. The Hall–Kier alpha value is -1.76. The second kappa shape index (κ2) is 6.03. The Labute approximate surface area is 133 Å². The van der Waals surface area contributed by atoms with Gasteiger partial charge in [-0.2, -0.15) is 0 Å². The van der Waals surface area contributed by atoms with E-state index < -0.39 is 6.17 Å². The smallest absolute Gasteiger partial charge is 0.241 e. The van der Waals surface area contributed by atoms with E-state index in [0.717, 1.165) is 25.1 Å². The fourth-order valence-corrected chi connectivity index (χ4v) is 3.70. The normalized spacial score (nSPS) is 26.0. The first-order valence-electron chi connectivity index (χ1n) is 8.38. The van der Waals surface area contributed by atoms with Crippen molar-refractivity contribution in [3.63, 3.8) is 0 Å². The van der Waals surface area contributed by atoms with Crippen LogP contribution < -0.4 is 10.6 Å². The van der Waals surface area contributed by atoms with Gasteiger partial charge in [-0.15, -0.1) is 5.10 Å². The van der Waals surface area contributed by atoms with Crippen LogP contribution in [0.25, 0.3) is 5.52 Å². The average molecular weight is 321 g/mol. The quantitative estimate of drug-likeness (QED) is 0.912. The molecule has 0 spiro atoms. The van der Waals surface area contributed by atoms with Crippen molar-refractivity contribution >= 4 is 11.5 Å². The highest BCUT2D eigenvalue weighted by atomic mass is 19.1. The lowest BCUT2D eigenvalue weighted by Gasteiger charge is -2.27. The third kappa shape index (κ3) is 2.78. The Balaban J connectivity index is 1.64. The number of halogens is 2. The molecular formula is C16H21F2N5. The molecule has 124 valence electrons. The molecule has 2 atom stereocenters. The average Bonchev–Trinajstić information content (AvgIpc) is 3.18. The zero-order valence-electron chi connectivity index (χ0n) is 12.9. The third-order valence-electron chi connectivity index (χ3n) is 4.99. The van der Waals surface area contributed by atoms with Gasteiger partial charge in [-0.1, -0.05) is 12.8 Å². The van der Waals surface area contributed by atoms with Gasteiger partial charge in [0.1, 0.15) is 11.7 Å². The van der Waals surface area contributed by atoms with Crippen molar-refractivity contribution in [3.05, 3.63) is 23.8 Å². The van der Waals surface area contributed by atoms with Gasteiger partial charge in [-0.05, 0) is 31.9 Å². The van der Waals surface area contributed by atoms with Gasteiger partial charge in [0.2, 0.25) is 5.95 Å². The number of nitrogens with one attached hydrogen (secondary N) is 2. The number of fused-ring (bicyclic) bond motifs is 1. The zero-order valence-corrected chi connectivity index (χ0v) is 12.9. The van der Waals surface area contributed by atoms with Crippen molar-refractivity contribution in [3.8, 4) is 0 Å². The van der Waals surface area contributed by atoms with Crippen LogP contribution >= 0.6 is 0 Å². The van der Waals surface area contributed by atoms with Gasteiger partial charge in [0.15, 0.2) is 5.82 Å². The number of piperidine rings is 1. The van der Waals surface area contributed by atoms with Crippen LogP contribution in [-0.4, -0.2) is 39.9 Å². The first kappa shape index (κ1) is 14.8. The van der Waals surface area contributed by atoms with Gasteiger partial charge < -0.3 is 10.6 Å².